The van der Waals surface area contributed by atoms with E-state index in [0.29, 0.717) is 0 Å². The molecule has 1 N–H and O–H groups in total. The summed E-state index contributed by atoms with van der Waals surface area (Å²) in [5.74, 6) is 0.257. The zero-order valence-electron chi connectivity index (χ0n) is 7.76. The van der Waals surface area contributed by atoms with Crippen LogP contribution in [0.1, 0.15) is 20.8 Å². The Morgan fingerprint density at radius 3 is 2.18 bits per heavy atom. The quantitative estimate of drug-likeness (QED) is 0.488. The normalized spacial score (nSPS) is 18.2. The summed E-state index contributed by atoms with van der Waals surface area (Å²) < 4.78 is 0. The van der Waals surface area contributed by atoms with Gasteiger partial charge < -0.3 is 5.11 Å². The van der Waals surface area contributed by atoms with Crippen molar-refractivity contribution in [1.82, 2.24) is 0 Å². The minimum absolute atomic E-state index is 0.257. The molecule has 0 fully saturated rings. The Hall–Kier alpha value is -0.630. The topological polar surface area (TPSA) is 32.6 Å². The second kappa shape index (κ2) is 3.67. The van der Waals surface area contributed by atoms with E-state index in [1.54, 1.807) is 14.0 Å². The van der Waals surface area contributed by atoms with E-state index >= 15 is 0 Å². The first kappa shape index (κ1) is 10.4. The van der Waals surface area contributed by atoms with Crippen LogP contribution in [0.25, 0.3) is 0 Å². The lowest BCUT2D eigenvalue weighted by atomic mass is 9.91. The highest BCUT2D eigenvalue weighted by atomic mass is 16.3. The molecule has 0 aromatic heterocycles. The van der Waals surface area contributed by atoms with E-state index in [4.69, 9.17) is 0 Å². The van der Waals surface area contributed by atoms with Crippen molar-refractivity contribution in [2.24, 2.45) is 10.9 Å². The van der Waals surface area contributed by atoms with Crippen molar-refractivity contribution in [2.45, 2.75) is 26.4 Å². The summed E-state index contributed by atoms with van der Waals surface area (Å²) >= 11 is 0. The van der Waals surface area contributed by atoms with Gasteiger partial charge in [-0.3, -0.25) is 4.99 Å². The van der Waals surface area contributed by atoms with Gasteiger partial charge in [-0.05, 0) is 12.8 Å². The Labute approximate surface area is 68.7 Å². The van der Waals surface area contributed by atoms with Gasteiger partial charge in [-0.25, -0.2) is 0 Å². The van der Waals surface area contributed by atoms with E-state index < -0.39 is 5.60 Å². The molecular weight excluding hydrogens is 138 g/mol. The number of aliphatic hydroxyl groups is 1. The second-order valence-electron chi connectivity index (χ2n) is 3.12. The molecule has 0 saturated carbocycles. The van der Waals surface area contributed by atoms with Crippen LogP contribution >= 0.6 is 0 Å². The lowest BCUT2D eigenvalue weighted by Gasteiger charge is -2.23. The van der Waals surface area contributed by atoms with Crippen LogP contribution in [0.2, 0.25) is 0 Å². The lowest BCUT2D eigenvalue weighted by molar-refractivity contribution is 0.179. The molecule has 2 nitrogen and oxygen atoms in total. The molecule has 1 atom stereocenters. The molecular formula is C9H17NO. The number of rotatable bonds is 3. The molecule has 1 unspecified atom stereocenters. The summed E-state index contributed by atoms with van der Waals surface area (Å²) in [6, 6.07) is 0. The number of aliphatic imine (C=N–C) groups is 1. The van der Waals surface area contributed by atoms with Crippen LogP contribution in [0, 0.1) is 5.92 Å². The summed E-state index contributed by atoms with van der Waals surface area (Å²) in [4.78, 5) is 4.03. The summed E-state index contributed by atoms with van der Waals surface area (Å²) in [5, 5.41) is 9.70. The molecule has 64 valence electrons. The SMILES string of the molecule is C=CC(C)(O)/C(=N/C)C(C)C. The first-order chi connectivity index (χ1) is 4.95. The largest absolute Gasteiger partial charge is 0.380 e. The van der Waals surface area contributed by atoms with Crippen LogP contribution in [-0.2, 0) is 0 Å². The van der Waals surface area contributed by atoms with E-state index in [-0.39, 0.29) is 5.92 Å². The van der Waals surface area contributed by atoms with Gasteiger partial charge in [0.1, 0.15) is 5.60 Å². The Balaban J connectivity index is 4.65. The van der Waals surface area contributed by atoms with Gasteiger partial charge in [0.2, 0.25) is 0 Å². The van der Waals surface area contributed by atoms with E-state index in [0.717, 1.165) is 5.71 Å². The maximum atomic E-state index is 9.70. The van der Waals surface area contributed by atoms with Gasteiger partial charge in [-0.1, -0.05) is 26.5 Å². The summed E-state index contributed by atoms with van der Waals surface area (Å²) in [5.41, 5.74) is -0.185. The molecule has 0 aromatic rings. The third-order valence-corrected chi connectivity index (χ3v) is 1.70. The Morgan fingerprint density at radius 1 is 1.64 bits per heavy atom. The van der Waals surface area contributed by atoms with Crippen LogP contribution in [0.5, 0.6) is 0 Å². The molecule has 0 aliphatic rings. The molecule has 0 saturated heterocycles. The van der Waals surface area contributed by atoms with Gasteiger partial charge in [0, 0.05) is 12.8 Å². The average Bonchev–Trinajstić information content (AvgIpc) is 1.88. The molecule has 0 aromatic carbocycles. The predicted molar refractivity (Wildman–Crippen MR) is 49.0 cm³/mol. The predicted octanol–water partition coefficient (Wildman–Crippen LogP) is 1.65. The molecule has 2 heteroatoms. The van der Waals surface area contributed by atoms with Crippen LogP contribution in [0.15, 0.2) is 17.6 Å². The zero-order chi connectivity index (χ0) is 9.07. The minimum Gasteiger partial charge on any atom is -0.380 e. The van der Waals surface area contributed by atoms with Crippen LogP contribution in [0.3, 0.4) is 0 Å². The van der Waals surface area contributed by atoms with Crippen molar-refractivity contribution in [3.05, 3.63) is 12.7 Å². The number of nitrogens with zero attached hydrogens (tertiary/aromatic N) is 1. The van der Waals surface area contributed by atoms with Gasteiger partial charge in [0.15, 0.2) is 0 Å². The maximum absolute atomic E-state index is 9.70. The van der Waals surface area contributed by atoms with Crippen LogP contribution in [-0.4, -0.2) is 23.5 Å². The maximum Gasteiger partial charge on any atom is 0.117 e. The Kier molecular flexibility index (Phi) is 3.46. The van der Waals surface area contributed by atoms with E-state index in [2.05, 4.69) is 11.6 Å². The van der Waals surface area contributed by atoms with Crippen molar-refractivity contribution in [1.29, 1.82) is 0 Å². The highest BCUT2D eigenvalue weighted by Gasteiger charge is 2.24. The first-order valence-electron chi connectivity index (χ1n) is 3.78. The molecule has 11 heavy (non-hydrogen) atoms. The Bertz CT molecular complexity index is 168. The first-order valence-corrected chi connectivity index (χ1v) is 3.78. The van der Waals surface area contributed by atoms with Crippen molar-refractivity contribution >= 4 is 5.71 Å². The van der Waals surface area contributed by atoms with Crippen LogP contribution in [0.4, 0.5) is 0 Å². The third kappa shape index (κ3) is 2.46. The third-order valence-electron chi connectivity index (χ3n) is 1.70. The van der Waals surface area contributed by atoms with Gasteiger partial charge in [-0.2, -0.15) is 0 Å². The lowest BCUT2D eigenvalue weighted by Crippen LogP contribution is -2.36. The van der Waals surface area contributed by atoms with Crippen molar-refractivity contribution < 1.29 is 5.11 Å². The molecule has 0 bridgehead atoms. The van der Waals surface area contributed by atoms with Crippen LogP contribution < -0.4 is 0 Å². The molecule has 0 radical (unpaired) electrons. The summed E-state index contributed by atoms with van der Waals surface area (Å²) in [7, 11) is 1.69. The zero-order valence-corrected chi connectivity index (χ0v) is 7.76. The molecule has 0 amide bonds. The molecule has 0 rings (SSSR count). The molecule has 0 aliphatic heterocycles. The highest BCUT2D eigenvalue weighted by Crippen LogP contribution is 2.14. The molecule has 0 aliphatic carbocycles. The summed E-state index contributed by atoms with van der Waals surface area (Å²) in [6.07, 6.45) is 1.51. The van der Waals surface area contributed by atoms with Gasteiger partial charge in [0.05, 0.1) is 0 Å². The fourth-order valence-corrected chi connectivity index (χ4v) is 1.17. The monoisotopic (exact) mass is 155 g/mol. The minimum atomic E-state index is -0.955. The standard InChI is InChI=1S/C9H17NO/c1-6-9(4,11)8(10-5)7(2)3/h6-7,11H,1H2,2-5H3/b10-8+. The number of hydrogen-bond donors (Lipinski definition) is 1. The molecule has 0 spiro atoms. The van der Waals surface area contributed by atoms with Gasteiger partial charge in [0.25, 0.3) is 0 Å². The van der Waals surface area contributed by atoms with Crippen molar-refractivity contribution in [2.75, 3.05) is 7.05 Å². The highest BCUT2D eigenvalue weighted by molar-refractivity contribution is 5.95. The fourth-order valence-electron chi connectivity index (χ4n) is 1.17. The van der Waals surface area contributed by atoms with E-state index in [1.165, 1.54) is 6.08 Å². The number of hydrogen-bond acceptors (Lipinski definition) is 2. The fraction of sp³-hybridized carbons (Fsp3) is 0.667. The smallest absolute Gasteiger partial charge is 0.117 e. The Morgan fingerprint density at radius 2 is 2.09 bits per heavy atom. The van der Waals surface area contributed by atoms with Crippen molar-refractivity contribution in [3.8, 4) is 0 Å². The van der Waals surface area contributed by atoms with Gasteiger partial charge >= 0.3 is 0 Å². The van der Waals surface area contributed by atoms with Gasteiger partial charge in [-0.15, -0.1) is 0 Å². The molecule has 0 heterocycles. The van der Waals surface area contributed by atoms with E-state index in [1.807, 2.05) is 13.8 Å². The average molecular weight is 155 g/mol. The summed E-state index contributed by atoms with van der Waals surface area (Å²) in [6.45, 7) is 9.25. The second-order valence-corrected chi connectivity index (χ2v) is 3.12. The van der Waals surface area contributed by atoms with Crippen molar-refractivity contribution in [3.63, 3.8) is 0 Å². The van der Waals surface area contributed by atoms with E-state index in [9.17, 15) is 5.11 Å².